The molecule has 2 unspecified atom stereocenters. The molecule has 1 fully saturated rings. The fourth-order valence-electron chi connectivity index (χ4n) is 2.43. The molecule has 1 aromatic rings. The third-order valence-electron chi connectivity index (χ3n) is 3.80. The van der Waals surface area contributed by atoms with Crippen molar-refractivity contribution < 1.29 is 4.79 Å². The Kier molecular flexibility index (Phi) is 4.38. The monoisotopic (exact) mass is 258 g/mol. The quantitative estimate of drug-likeness (QED) is 0.760. The molecule has 1 amide bonds. The van der Waals surface area contributed by atoms with Gasteiger partial charge in [0.2, 0.25) is 5.91 Å². The zero-order chi connectivity index (χ0) is 13.8. The van der Waals surface area contributed by atoms with Gasteiger partial charge in [-0.05, 0) is 32.5 Å². The zero-order valence-electron chi connectivity index (χ0n) is 11.9. The summed E-state index contributed by atoms with van der Waals surface area (Å²) in [5.41, 5.74) is 1.06. The summed E-state index contributed by atoms with van der Waals surface area (Å²) in [6, 6.07) is 10.6. The molecule has 0 saturated carbocycles. The Hall–Kier alpha value is -1.61. The third kappa shape index (κ3) is 3.44. The minimum Gasteiger partial charge on any atom is -0.334 e. The number of likely N-dealkylation sites (N-methyl/N-ethyl adjacent to an activating group) is 1. The van der Waals surface area contributed by atoms with Crippen molar-refractivity contribution in [2.24, 2.45) is 0 Å². The largest absolute Gasteiger partial charge is 0.334 e. The molecule has 2 atom stereocenters. The Bertz CT molecular complexity index is 455. The second-order valence-corrected chi connectivity index (χ2v) is 5.37. The minimum absolute atomic E-state index is 0.108. The van der Waals surface area contributed by atoms with Gasteiger partial charge in [-0.1, -0.05) is 30.3 Å². The third-order valence-corrected chi connectivity index (χ3v) is 3.80. The number of hydrogen-bond donors (Lipinski definition) is 0. The van der Waals surface area contributed by atoms with Crippen molar-refractivity contribution in [3.05, 3.63) is 42.0 Å². The van der Waals surface area contributed by atoms with Crippen LogP contribution in [0, 0.1) is 0 Å². The van der Waals surface area contributed by atoms with Crippen LogP contribution in [-0.2, 0) is 4.79 Å². The van der Waals surface area contributed by atoms with Gasteiger partial charge >= 0.3 is 0 Å². The summed E-state index contributed by atoms with van der Waals surface area (Å²) in [6.45, 7) is 6.01. The Morgan fingerprint density at radius 2 is 1.84 bits per heavy atom. The maximum Gasteiger partial charge on any atom is 0.246 e. The molecule has 19 heavy (non-hydrogen) atoms. The molecule has 3 nitrogen and oxygen atoms in total. The van der Waals surface area contributed by atoms with Crippen LogP contribution in [0.5, 0.6) is 0 Å². The second kappa shape index (κ2) is 6.02. The van der Waals surface area contributed by atoms with Gasteiger partial charge in [0, 0.05) is 31.2 Å². The first-order valence-electron chi connectivity index (χ1n) is 6.82. The van der Waals surface area contributed by atoms with E-state index < -0.39 is 0 Å². The Labute approximate surface area is 115 Å². The Balaban J connectivity index is 2.02. The number of amides is 1. The normalized spacial score (nSPS) is 24.9. The SMILES string of the molecule is CC1CN(C(=O)C=Cc2ccccc2)C(C)CN1C. The molecule has 0 aliphatic carbocycles. The zero-order valence-corrected chi connectivity index (χ0v) is 11.9. The van der Waals surface area contributed by atoms with E-state index in [1.165, 1.54) is 0 Å². The fourth-order valence-corrected chi connectivity index (χ4v) is 2.43. The van der Waals surface area contributed by atoms with Crippen LogP contribution in [0.1, 0.15) is 19.4 Å². The molecule has 102 valence electrons. The smallest absolute Gasteiger partial charge is 0.246 e. The van der Waals surface area contributed by atoms with Crippen LogP contribution in [0.25, 0.3) is 6.08 Å². The average molecular weight is 258 g/mol. The number of carbonyl (C=O) groups is 1. The summed E-state index contributed by atoms with van der Waals surface area (Å²) in [4.78, 5) is 16.5. The number of benzene rings is 1. The van der Waals surface area contributed by atoms with Gasteiger partial charge in [0.05, 0.1) is 0 Å². The van der Waals surface area contributed by atoms with Crippen LogP contribution in [0.3, 0.4) is 0 Å². The van der Waals surface area contributed by atoms with Gasteiger partial charge in [0.25, 0.3) is 0 Å². The highest BCUT2D eigenvalue weighted by molar-refractivity contribution is 5.92. The molecule has 0 bridgehead atoms. The van der Waals surface area contributed by atoms with E-state index >= 15 is 0 Å². The molecular weight excluding hydrogens is 236 g/mol. The maximum atomic E-state index is 12.3. The van der Waals surface area contributed by atoms with Crippen molar-refractivity contribution in [3.63, 3.8) is 0 Å². The Morgan fingerprint density at radius 3 is 2.53 bits per heavy atom. The van der Waals surface area contributed by atoms with Gasteiger partial charge in [-0.2, -0.15) is 0 Å². The predicted molar refractivity (Wildman–Crippen MR) is 78.7 cm³/mol. The van der Waals surface area contributed by atoms with Crippen LogP contribution >= 0.6 is 0 Å². The van der Waals surface area contributed by atoms with E-state index in [9.17, 15) is 4.79 Å². The van der Waals surface area contributed by atoms with Crippen LogP contribution in [0.4, 0.5) is 0 Å². The molecule has 0 N–H and O–H groups in total. The van der Waals surface area contributed by atoms with E-state index in [-0.39, 0.29) is 11.9 Å². The number of carbonyl (C=O) groups excluding carboxylic acids is 1. The standard InChI is InChI=1S/C16H22N2O/c1-13-12-18(14(2)11-17(13)3)16(19)10-9-15-7-5-4-6-8-15/h4-10,13-14H,11-12H2,1-3H3. The van der Waals surface area contributed by atoms with E-state index in [1.807, 2.05) is 41.3 Å². The average Bonchev–Trinajstić information content (AvgIpc) is 2.41. The number of nitrogens with zero attached hydrogens (tertiary/aromatic N) is 2. The molecular formula is C16H22N2O. The molecule has 1 aliphatic heterocycles. The van der Waals surface area contributed by atoms with Crippen molar-refractivity contribution in [2.45, 2.75) is 25.9 Å². The molecule has 1 saturated heterocycles. The van der Waals surface area contributed by atoms with Gasteiger partial charge in [0.15, 0.2) is 0 Å². The van der Waals surface area contributed by atoms with Crippen molar-refractivity contribution in [1.82, 2.24) is 9.80 Å². The van der Waals surface area contributed by atoms with E-state index in [4.69, 9.17) is 0 Å². The predicted octanol–water partition coefficient (Wildman–Crippen LogP) is 2.25. The molecule has 2 rings (SSSR count). The maximum absolute atomic E-state index is 12.3. The van der Waals surface area contributed by atoms with Gasteiger partial charge in [0.1, 0.15) is 0 Å². The first-order valence-corrected chi connectivity index (χ1v) is 6.82. The first-order chi connectivity index (χ1) is 9.08. The van der Waals surface area contributed by atoms with E-state index in [1.54, 1.807) is 6.08 Å². The second-order valence-electron chi connectivity index (χ2n) is 5.37. The summed E-state index contributed by atoms with van der Waals surface area (Å²) < 4.78 is 0. The molecule has 1 aromatic carbocycles. The summed E-state index contributed by atoms with van der Waals surface area (Å²) >= 11 is 0. The summed E-state index contributed by atoms with van der Waals surface area (Å²) in [6.07, 6.45) is 3.57. The van der Waals surface area contributed by atoms with Gasteiger partial charge in [-0.25, -0.2) is 0 Å². The molecule has 1 heterocycles. The van der Waals surface area contributed by atoms with Crippen LogP contribution in [0.2, 0.25) is 0 Å². The molecule has 0 radical (unpaired) electrons. The van der Waals surface area contributed by atoms with E-state index in [2.05, 4.69) is 25.8 Å². The van der Waals surface area contributed by atoms with Gasteiger partial charge in [-0.3, -0.25) is 9.69 Å². The first kappa shape index (κ1) is 13.8. The summed E-state index contributed by atoms with van der Waals surface area (Å²) in [7, 11) is 2.11. The van der Waals surface area contributed by atoms with Crippen molar-refractivity contribution >= 4 is 12.0 Å². The van der Waals surface area contributed by atoms with Crippen molar-refractivity contribution in [3.8, 4) is 0 Å². The lowest BCUT2D eigenvalue weighted by Crippen LogP contribution is -2.56. The van der Waals surface area contributed by atoms with Gasteiger partial charge in [-0.15, -0.1) is 0 Å². The van der Waals surface area contributed by atoms with E-state index in [0.29, 0.717) is 6.04 Å². The molecule has 0 aromatic heterocycles. The number of piperazine rings is 1. The fraction of sp³-hybridized carbons (Fsp3) is 0.438. The Morgan fingerprint density at radius 1 is 1.16 bits per heavy atom. The topological polar surface area (TPSA) is 23.6 Å². The molecule has 3 heteroatoms. The lowest BCUT2D eigenvalue weighted by Gasteiger charge is -2.42. The van der Waals surface area contributed by atoms with Crippen molar-refractivity contribution in [1.29, 1.82) is 0 Å². The lowest BCUT2D eigenvalue weighted by atomic mass is 10.1. The summed E-state index contributed by atoms with van der Waals surface area (Å²) in [5, 5.41) is 0. The van der Waals surface area contributed by atoms with Crippen LogP contribution in [0.15, 0.2) is 36.4 Å². The van der Waals surface area contributed by atoms with Crippen LogP contribution in [-0.4, -0.2) is 47.9 Å². The van der Waals surface area contributed by atoms with Crippen molar-refractivity contribution in [2.75, 3.05) is 20.1 Å². The van der Waals surface area contributed by atoms with Gasteiger partial charge < -0.3 is 4.90 Å². The highest BCUT2D eigenvalue weighted by Gasteiger charge is 2.28. The lowest BCUT2D eigenvalue weighted by molar-refractivity contribution is -0.131. The number of hydrogen-bond acceptors (Lipinski definition) is 2. The number of rotatable bonds is 2. The van der Waals surface area contributed by atoms with Crippen LogP contribution < -0.4 is 0 Å². The van der Waals surface area contributed by atoms with E-state index in [0.717, 1.165) is 18.7 Å². The minimum atomic E-state index is 0.108. The highest BCUT2D eigenvalue weighted by atomic mass is 16.2. The summed E-state index contributed by atoms with van der Waals surface area (Å²) in [5.74, 6) is 0.108. The highest BCUT2D eigenvalue weighted by Crippen LogP contribution is 2.14. The molecule has 1 aliphatic rings. The molecule has 0 spiro atoms.